The topological polar surface area (TPSA) is 61.4 Å². The molecule has 15 heavy (non-hydrogen) atoms. The number of benzene rings is 1. The Morgan fingerprint density at radius 1 is 1.40 bits per heavy atom. The van der Waals surface area contributed by atoms with E-state index in [4.69, 9.17) is 0 Å². The van der Waals surface area contributed by atoms with Crippen molar-refractivity contribution in [1.29, 1.82) is 0 Å². The minimum Gasteiger partial charge on any atom is -0.330 e. The van der Waals surface area contributed by atoms with Crippen LogP contribution in [0.3, 0.4) is 0 Å². The Morgan fingerprint density at radius 3 is 2.60 bits per heavy atom. The minimum atomic E-state index is -0.365. The molecule has 80 valence electrons. The molecule has 0 aliphatic heterocycles. The summed E-state index contributed by atoms with van der Waals surface area (Å²) in [6.45, 7) is 0.00382. The van der Waals surface area contributed by atoms with Crippen molar-refractivity contribution in [2.24, 2.45) is 0 Å². The van der Waals surface area contributed by atoms with E-state index in [1.165, 1.54) is 5.01 Å². The van der Waals surface area contributed by atoms with Gasteiger partial charge in [0.1, 0.15) is 6.29 Å². The highest BCUT2D eigenvalue weighted by Crippen LogP contribution is 2.10. The Morgan fingerprint density at radius 2 is 2.07 bits per heavy atom. The molecule has 0 aliphatic carbocycles. The van der Waals surface area contributed by atoms with Crippen molar-refractivity contribution >= 4 is 18.0 Å². The van der Waals surface area contributed by atoms with Gasteiger partial charge in [-0.25, -0.2) is 15.2 Å². The zero-order valence-electron chi connectivity index (χ0n) is 8.43. The summed E-state index contributed by atoms with van der Waals surface area (Å²) < 4.78 is 0. The third-order valence-corrected chi connectivity index (χ3v) is 1.78. The smallest absolute Gasteiger partial charge is 0.330 e. The molecule has 1 aromatic carbocycles. The van der Waals surface area contributed by atoms with Crippen molar-refractivity contribution in [3.8, 4) is 0 Å². The van der Waals surface area contributed by atoms with Crippen molar-refractivity contribution in [3.05, 3.63) is 30.3 Å². The van der Waals surface area contributed by atoms with E-state index >= 15 is 0 Å². The maximum absolute atomic E-state index is 11.5. The monoisotopic (exact) mass is 207 g/mol. The van der Waals surface area contributed by atoms with Gasteiger partial charge in [0.15, 0.2) is 0 Å². The summed E-state index contributed by atoms with van der Waals surface area (Å²) in [5.74, 6) is 0. The molecule has 0 aromatic heterocycles. The number of nitrogens with one attached hydrogen (secondary N) is 2. The molecule has 2 N–H and O–H groups in total. The van der Waals surface area contributed by atoms with Crippen molar-refractivity contribution in [3.63, 3.8) is 0 Å². The van der Waals surface area contributed by atoms with E-state index in [0.717, 1.165) is 0 Å². The number of para-hydroxylation sites is 1. The average Bonchev–Trinajstić information content (AvgIpc) is 2.29. The standard InChI is InChI=1S/C10H13N3O2/c1-11-13(10(15)12-7-8-14)9-5-3-2-4-6-9/h2-6,8,11H,7H2,1H3,(H,12,15). The summed E-state index contributed by atoms with van der Waals surface area (Å²) in [5, 5.41) is 3.76. The van der Waals surface area contributed by atoms with E-state index in [1.54, 1.807) is 19.2 Å². The lowest BCUT2D eigenvalue weighted by molar-refractivity contribution is -0.107. The van der Waals surface area contributed by atoms with Gasteiger partial charge in [-0.05, 0) is 12.1 Å². The second-order valence-electron chi connectivity index (χ2n) is 2.75. The summed E-state index contributed by atoms with van der Waals surface area (Å²) in [6.07, 6.45) is 0.636. The van der Waals surface area contributed by atoms with E-state index < -0.39 is 0 Å². The SMILES string of the molecule is CNN(C(=O)NCC=O)c1ccccc1. The number of carbonyl (C=O) groups excluding carboxylic acids is 2. The first-order valence-electron chi connectivity index (χ1n) is 4.53. The second-order valence-corrected chi connectivity index (χ2v) is 2.75. The number of hydrogen-bond acceptors (Lipinski definition) is 3. The number of carbonyl (C=O) groups is 2. The number of hydrazine groups is 1. The third kappa shape index (κ3) is 3.07. The molecule has 0 unspecified atom stereocenters. The molecule has 5 nitrogen and oxygen atoms in total. The summed E-state index contributed by atoms with van der Waals surface area (Å²) in [4.78, 5) is 21.6. The Balaban J connectivity index is 2.71. The van der Waals surface area contributed by atoms with Crippen LogP contribution in [0.1, 0.15) is 0 Å². The molecule has 0 radical (unpaired) electrons. The van der Waals surface area contributed by atoms with Crippen LogP contribution in [0.15, 0.2) is 30.3 Å². The number of urea groups is 1. The van der Waals surface area contributed by atoms with E-state index in [-0.39, 0.29) is 12.6 Å². The number of aldehydes is 1. The first-order valence-corrected chi connectivity index (χ1v) is 4.53. The molecule has 5 heteroatoms. The van der Waals surface area contributed by atoms with Gasteiger partial charge >= 0.3 is 6.03 Å². The number of rotatable bonds is 4. The van der Waals surface area contributed by atoms with Gasteiger partial charge in [0, 0.05) is 7.05 Å². The molecule has 0 aliphatic rings. The van der Waals surface area contributed by atoms with Gasteiger partial charge in [-0.3, -0.25) is 0 Å². The van der Waals surface area contributed by atoms with Crippen LogP contribution in [-0.4, -0.2) is 25.9 Å². The summed E-state index contributed by atoms with van der Waals surface area (Å²) in [7, 11) is 1.63. The fraction of sp³-hybridized carbons (Fsp3) is 0.200. The fourth-order valence-corrected chi connectivity index (χ4v) is 1.13. The highest BCUT2D eigenvalue weighted by atomic mass is 16.2. The number of hydrogen-bond donors (Lipinski definition) is 2. The second kappa shape index (κ2) is 5.77. The van der Waals surface area contributed by atoms with E-state index in [9.17, 15) is 9.59 Å². The molecule has 1 rings (SSSR count). The highest BCUT2D eigenvalue weighted by molar-refractivity contribution is 5.91. The van der Waals surface area contributed by atoms with Gasteiger partial charge in [0.25, 0.3) is 0 Å². The van der Waals surface area contributed by atoms with Gasteiger partial charge in [-0.15, -0.1) is 0 Å². The fourth-order valence-electron chi connectivity index (χ4n) is 1.13. The lowest BCUT2D eigenvalue weighted by Crippen LogP contribution is -2.47. The first-order chi connectivity index (χ1) is 7.29. The van der Waals surface area contributed by atoms with Crippen LogP contribution < -0.4 is 15.8 Å². The van der Waals surface area contributed by atoms with Gasteiger partial charge in [0.2, 0.25) is 0 Å². The molecular formula is C10H13N3O2. The molecule has 1 aromatic rings. The summed E-state index contributed by atoms with van der Waals surface area (Å²) >= 11 is 0. The van der Waals surface area contributed by atoms with Crippen LogP contribution in [0, 0.1) is 0 Å². The molecule has 0 spiro atoms. The van der Waals surface area contributed by atoms with Crippen LogP contribution in [0.5, 0.6) is 0 Å². The van der Waals surface area contributed by atoms with Crippen LogP contribution in [0.2, 0.25) is 0 Å². The molecule has 2 amide bonds. The number of amides is 2. The van der Waals surface area contributed by atoms with Crippen LogP contribution >= 0.6 is 0 Å². The van der Waals surface area contributed by atoms with Crippen molar-refractivity contribution in [1.82, 2.24) is 10.7 Å². The van der Waals surface area contributed by atoms with Gasteiger partial charge in [-0.2, -0.15) is 0 Å². The molecule has 0 saturated carbocycles. The molecule has 0 fully saturated rings. The van der Waals surface area contributed by atoms with Gasteiger partial charge in [0.05, 0.1) is 12.2 Å². The zero-order chi connectivity index (χ0) is 11.1. The Hall–Kier alpha value is -1.88. The van der Waals surface area contributed by atoms with Gasteiger partial charge in [-0.1, -0.05) is 18.2 Å². The Kier molecular flexibility index (Phi) is 4.30. The van der Waals surface area contributed by atoms with E-state index in [0.29, 0.717) is 12.0 Å². The lowest BCUT2D eigenvalue weighted by atomic mass is 10.3. The number of nitrogens with zero attached hydrogens (tertiary/aromatic N) is 1. The first kappa shape index (κ1) is 11.2. The molecule has 0 atom stereocenters. The van der Waals surface area contributed by atoms with Crippen LogP contribution in [0.25, 0.3) is 0 Å². The predicted molar refractivity (Wildman–Crippen MR) is 57.4 cm³/mol. The van der Waals surface area contributed by atoms with E-state index in [1.807, 2.05) is 18.2 Å². The molecule has 0 heterocycles. The minimum absolute atomic E-state index is 0.00382. The molecule has 0 saturated heterocycles. The summed E-state index contributed by atoms with van der Waals surface area (Å²) in [5.41, 5.74) is 3.44. The third-order valence-electron chi connectivity index (χ3n) is 1.78. The summed E-state index contributed by atoms with van der Waals surface area (Å²) in [6, 6.07) is 8.73. The number of anilines is 1. The zero-order valence-corrected chi connectivity index (χ0v) is 8.43. The van der Waals surface area contributed by atoms with Crippen molar-refractivity contribution in [2.75, 3.05) is 18.6 Å². The largest absolute Gasteiger partial charge is 0.336 e. The Labute approximate surface area is 88.0 Å². The molecular weight excluding hydrogens is 194 g/mol. The Bertz CT molecular complexity index is 327. The molecule has 0 bridgehead atoms. The maximum Gasteiger partial charge on any atom is 0.336 e. The van der Waals surface area contributed by atoms with Crippen molar-refractivity contribution in [2.45, 2.75) is 0 Å². The van der Waals surface area contributed by atoms with Gasteiger partial charge < -0.3 is 10.1 Å². The van der Waals surface area contributed by atoms with Crippen LogP contribution in [0.4, 0.5) is 10.5 Å². The van der Waals surface area contributed by atoms with E-state index in [2.05, 4.69) is 10.7 Å². The lowest BCUT2D eigenvalue weighted by Gasteiger charge is -2.20. The maximum atomic E-state index is 11.5. The predicted octanol–water partition coefficient (Wildman–Crippen LogP) is 0.536. The van der Waals surface area contributed by atoms with Crippen LogP contribution in [-0.2, 0) is 4.79 Å². The van der Waals surface area contributed by atoms with Crippen molar-refractivity contribution < 1.29 is 9.59 Å². The normalized spacial score (nSPS) is 9.40. The average molecular weight is 207 g/mol. The quantitative estimate of drug-likeness (QED) is 0.559. The highest BCUT2D eigenvalue weighted by Gasteiger charge is 2.12.